The first-order valence-corrected chi connectivity index (χ1v) is 10.1. The molecule has 1 saturated heterocycles. The summed E-state index contributed by atoms with van der Waals surface area (Å²) in [6.45, 7) is -5.63. The smallest absolute Gasteiger partial charge is 0.248 e. The summed E-state index contributed by atoms with van der Waals surface area (Å²) in [6.07, 6.45) is -6.81. The van der Waals surface area contributed by atoms with Crippen LogP contribution >= 0.6 is 23.2 Å². The van der Waals surface area contributed by atoms with E-state index in [-0.39, 0.29) is 31.9 Å². The van der Waals surface area contributed by atoms with Crippen LogP contribution in [-0.2, 0) is 0 Å². The van der Waals surface area contributed by atoms with Gasteiger partial charge in [0.1, 0.15) is 5.75 Å². The summed E-state index contributed by atoms with van der Waals surface area (Å²) in [5.41, 5.74) is 0.580. The van der Waals surface area contributed by atoms with E-state index in [1.807, 2.05) is 4.90 Å². The molecule has 158 valence electrons. The number of ether oxygens (including phenoxy) is 1. The molecular weight excluding hydrogens is 421 g/mol. The number of pyridine rings is 1. The Bertz CT molecular complexity index is 1390. The summed E-state index contributed by atoms with van der Waals surface area (Å²) in [6, 6.07) is 12.2. The molecule has 2 aromatic carbocycles. The van der Waals surface area contributed by atoms with Gasteiger partial charge in [0.2, 0.25) is 5.56 Å². The van der Waals surface area contributed by atoms with Crippen LogP contribution in [0.1, 0.15) is 23.7 Å². The molecule has 0 saturated carbocycles. The third-order valence-corrected chi connectivity index (χ3v) is 5.55. The van der Waals surface area contributed by atoms with Gasteiger partial charge in [-0.25, -0.2) is 0 Å². The molecule has 2 heterocycles. The Morgan fingerprint density at radius 1 is 1.03 bits per heavy atom. The van der Waals surface area contributed by atoms with Crippen LogP contribution < -0.4 is 15.2 Å². The second kappa shape index (κ2) is 9.73. The average molecular weight is 454 g/mol. The maximum atomic E-state index is 11.6. The number of H-pyrrole nitrogens is 1. The van der Waals surface area contributed by atoms with E-state index in [0.717, 1.165) is 4.90 Å². The lowest BCUT2D eigenvalue weighted by Crippen LogP contribution is -2.46. The summed E-state index contributed by atoms with van der Waals surface area (Å²) < 4.78 is 72.7. The van der Waals surface area contributed by atoms with Crippen molar-refractivity contribution >= 4 is 39.8 Å². The van der Waals surface area contributed by atoms with E-state index in [1.54, 1.807) is 24.3 Å². The minimum atomic E-state index is -3.45. The minimum absolute atomic E-state index is 0.0212. The number of piperazine rings is 1. The zero-order valence-corrected chi connectivity index (χ0v) is 17.4. The van der Waals surface area contributed by atoms with Gasteiger partial charge in [0, 0.05) is 46.5 Å². The lowest BCUT2D eigenvalue weighted by Gasteiger charge is -2.36. The van der Waals surface area contributed by atoms with Gasteiger partial charge in [-0.05, 0) is 55.0 Å². The van der Waals surface area contributed by atoms with Crippen molar-refractivity contribution in [1.29, 1.82) is 0 Å². The minimum Gasteiger partial charge on any atom is -0.494 e. The van der Waals surface area contributed by atoms with E-state index < -0.39 is 31.4 Å². The fraction of sp³-hybridized carbons (Fsp3) is 0.348. The monoisotopic (exact) mass is 453 g/mol. The highest BCUT2D eigenvalue weighted by Crippen LogP contribution is 2.32. The van der Waals surface area contributed by atoms with Crippen molar-refractivity contribution in [3.05, 3.63) is 68.9 Å². The molecule has 0 amide bonds. The first-order chi connectivity index (χ1) is 17.6. The fourth-order valence-corrected chi connectivity index (χ4v) is 3.62. The van der Waals surface area contributed by atoms with Crippen molar-refractivity contribution in [3.8, 4) is 5.75 Å². The summed E-state index contributed by atoms with van der Waals surface area (Å²) in [7, 11) is 0. The molecule has 1 fully saturated rings. The van der Waals surface area contributed by atoms with E-state index >= 15 is 0 Å². The Labute approximate surface area is 197 Å². The zero-order valence-electron chi connectivity index (χ0n) is 23.9. The van der Waals surface area contributed by atoms with Crippen LogP contribution in [0, 0.1) is 0 Å². The van der Waals surface area contributed by atoms with Crippen molar-refractivity contribution in [2.75, 3.05) is 44.1 Å². The Morgan fingerprint density at radius 3 is 2.67 bits per heavy atom. The van der Waals surface area contributed by atoms with E-state index in [1.165, 1.54) is 24.3 Å². The zero-order chi connectivity index (χ0) is 28.1. The lowest BCUT2D eigenvalue weighted by molar-refractivity contribution is 0.238. The van der Waals surface area contributed by atoms with E-state index in [2.05, 4.69) is 4.98 Å². The second-order valence-electron chi connectivity index (χ2n) is 6.68. The number of hydrogen-bond donors (Lipinski definition) is 1. The SMILES string of the molecule is [2H]C([2H])(Oc1ccc2ccc(=O)[nH]c2c1)C([2H])([2H])C([2H])([2H])C([2H])([2H])N1CCN(c2cccc(Cl)c2Cl)CC1. The standard InChI is InChI=1S/C23H25Cl2N3O2/c24-19-4-3-5-21(23(19)25)28-13-11-27(12-14-28)10-1-2-15-30-18-8-6-17-7-9-22(29)26-20(17)16-18/h3-9,16H,1-2,10-15H2,(H,26,29)/i1D2,2D2,10D2,15D2. The molecule has 1 aromatic heterocycles. The fourth-order valence-electron chi connectivity index (χ4n) is 3.21. The van der Waals surface area contributed by atoms with Crippen LogP contribution in [0.25, 0.3) is 10.9 Å². The number of benzene rings is 2. The van der Waals surface area contributed by atoms with Gasteiger partial charge < -0.3 is 14.6 Å². The lowest BCUT2D eigenvalue weighted by atomic mass is 10.2. The van der Waals surface area contributed by atoms with E-state index in [0.29, 0.717) is 26.6 Å². The van der Waals surface area contributed by atoms with Crippen LogP contribution in [0.4, 0.5) is 5.69 Å². The number of fused-ring (bicyclic) bond motifs is 1. The number of aromatic nitrogens is 1. The summed E-state index contributed by atoms with van der Waals surface area (Å²) in [5, 5.41) is 1.34. The topological polar surface area (TPSA) is 48.6 Å². The maximum absolute atomic E-state index is 11.6. The van der Waals surface area contributed by atoms with Crippen LogP contribution in [0.2, 0.25) is 10.0 Å². The number of hydrogen-bond acceptors (Lipinski definition) is 4. The largest absolute Gasteiger partial charge is 0.494 e. The molecule has 3 aromatic rings. The number of anilines is 1. The Hall–Kier alpha value is -2.21. The quantitative estimate of drug-likeness (QED) is 0.557. The van der Waals surface area contributed by atoms with Gasteiger partial charge in [0.15, 0.2) is 0 Å². The van der Waals surface area contributed by atoms with Crippen molar-refractivity contribution in [2.24, 2.45) is 0 Å². The highest BCUT2D eigenvalue weighted by atomic mass is 35.5. The van der Waals surface area contributed by atoms with Crippen LogP contribution in [0.3, 0.4) is 0 Å². The average Bonchev–Trinajstić information content (AvgIpc) is 2.85. The van der Waals surface area contributed by atoms with Gasteiger partial charge in [-0.2, -0.15) is 0 Å². The molecule has 0 radical (unpaired) electrons. The third kappa shape index (κ3) is 5.09. The van der Waals surface area contributed by atoms with Crippen molar-refractivity contribution < 1.29 is 15.7 Å². The number of halogens is 2. The van der Waals surface area contributed by atoms with Crippen molar-refractivity contribution in [2.45, 2.75) is 12.7 Å². The molecule has 30 heavy (non-hydrogen) atoms. The molecule has 4 rings (SSSR count). The molecule has 0 bridgehead atoms. The molecule has 0 aliphatic carbocycles. The predicted octanol–water partition coefficient (Wildman–Crippen LogP) is 4.82. The number of nitrogens with one attached hydrogen (secondary N) is 1. The van der Waals surface area contributed by atoms with Gasteiger partial charge in [-0.15, -0.1) is 0 Å². The van der Waals surface area contributed by atoms with Gasteiger partial charge in [-0.1, -0.05) is 29.3 Å². The van der Waals surface area contributed by atoms with Crippen LogP contribution in [0.5, 0.6) is 5.75 Å². The van der Waals surface area contributed by atoms with Crippen molar-refractivity contribution in [1.82, 2.24) is 9.88 Å². The first-order valence-electron chi connectivity index (χ1n) is 13.3. The first kappa shape index (κ1) is 13.3. The van der Waals surface area contributed by atoms with Crippen LogP contribution in [-0.4, -0.2) is 49.1 Å². The molecule has 1 N–H and O–H groups in total. The molecular formula is C23H25Cl2N3O2. The number of aromatic amines is 1. The normalized spacial score (nSPS) is 20.8. The summed E-state index contributed by atoms with van der Waals surface area (Å²) >= 11 is 12.4. The van der Waals surface area contributed by atoms with Gasteiger partial charge in [-0.3, -0.25) is 9.69 Å². The summed E-state index contributed by atoms with van der Waals surface area (Å²) in [5.74, 6) is -0.156. The number of nitrogens with zero attached hydrogens (tertiary/aromatic N) is 2. The van der Waals surface area contributed by atoms with Crippen LogP contribution in [0.15, 0.2) is 53.3 Å². The molecule has 1 aliphatic heterocycles. The Balaban J connectivity index is 1.54. The van der Waals surface area contributed by atoms with E-state index in [9.17, 15) is 4.79 Å². The predicted molar refractivity (Wildman–Crippen MR) is 124 cm³/mol. The third-order valence-electron chi connectivity index (χ3n) is 4.74. The molecule has 5 nitrogen and oxygen atoms in total. The number of rotatable bonds is 7. The van der Waals surface area contributed by atoms with Crippen molar-refractivity contribution in [3.63, 3.8) is 0 Å². The Morgan fingerprint density at radius 2 is 1.83 bits per heavy atom. The van der Waals surface area contributed by atoms with Gasteiger partial charge in [0.25, 0.3) is 0 Å². The molecule has 7 heteroatoms. The summed E-state index contributed by atoms with van der Waals surface area (Å²) in [4.78, 5) is 17.2. The second-order valence-corrected chi connectivity index (χ2v) is 7.47. The van der Waals surface area contributed by atoms with E-state index in [4.69, 9.17) is 38.9 Å². The molecule has 0 spiro atoms. The highest BCUT2D eigenvalue weighted by molar-refractivity contribution is 6.43. The Kier molecular flexibility index (Phi) is 4.30. The molecule has 0 atom stereocenters. The molecule has 1 aliphatic rings. The molecule has 0 unspecified atom stereocenters. The van der Waals surface area contributed by atoms with Gasteiger partial charge in [0.05, 0.1) is 30.5 Å². The maximum Gasteiger partial charge on any atom is 0.248 e. The highest BCUT2D eigenvalue weighted by Gasteiger charge is 2.19. The van der Waals surface area contributed by atoms with Gasteiger partial charge >= 0.3 is 0 Å².